The Morgan fingerprint density at radius 2 is 1.59 bits per heavy atom. The lowest BCUT2D eigenvalue weighted by Gasteiger charge is -2.72. The van der Waals surface area contributed by atoms with Gasteiger partial charge in [0, 0.05) is 11.8 Å². The zero-order chi connectivity index (χ0) is 23.3. The van der Waals surface area contributed by atoms with Crippen molar-refractivity contribution in [3.05, 3.63) is 24.8 Å². The number of allylic oxidation sites excluding steroid dienone is 2. The molecule has 0 heterocycles. The van der Waals surface area contributed by atoms with Crippen LogP contribution in [0.15, 0.2) is 24.8 Å². The lowest BCUT2D eigenvalue weighted by atomic mass is 9.32. The summed E-state index contributed by atoms with van der Waals surface area (Å²) in [5, 5.41) is 0. The Balaban J connectivity index is 1.56. The number of hydrogen-bond acceptors (Lipinski definition) is 1. The molecule has 32 heavy (non-hydrogen) atoms. The Labute approximate surface area is 197 Å². The number of hydrogen-bond donors (Lipinski definition) is 0. The monoisotopic (exact) mass is 436 g/mol. The van der Waals surface area contributed by atoms with Crippen molar-refractivity contribution in [3.8, 4) is 0 Å². The zero-order valence-electron chi connectivity index (χ0n) is 21.9. The standard InChI is InChI=1S/C31H48O/c1-9-31-17-12-21(20(2)3)26(31)22-10-11-24-28(6)15-14-25(32)27(4,5)23(28)13-16-30(24,8)29(22,7)18-19-31/h9,21-24,26H,1-2,10-19H2,3-8H3/t21-,22+,23-,24+,26+,28-,29+,30+,31+/m0/s1. The van der Waals surface area contributed by atoms with Crippen LogP contribution in [0.3, 0.4) is 0 Å². The number of carbonyl (C=O) groups excluding carboxylic acids is 1. The summed E-state index contributed by atoms with van der Waals surface area (Å²) in [6.45, 7) is 23.7. The van der Waals surface area contributed by atoms with Gasteiger partial charge in [-0.25, -0.2) is 0 Å². The third-order valence-electron chi connectivity index (χ3n) is 13.3. The molecule has 0 saturated heterocycles. The predicted octanol–water partition coefficient (Wildman–Crippen LogP) is 8.40. The molecule has 0 N–H and O–H groups in total. The van der Waals surface area contributed by atoms with Crippen molar-refractivity contribution >= 4 is 5.78 Å². The molecule has 0 unspecified atom stereocenters. The van der Waals surface area contributed by atoms with E-state index in [0.29, 0.717) is 39.3 Å². The third kappa shape index (κ3) is 2.55. The first-order chi connectivity index (χ1) is 14.9. The third-order valence-corrected chi connectivity index (χ3v) is 13.3. The Hall–Kier alpha value is -0.850. The molecule has 0 amide bonds. The zero-order valence-corrected chi connectivity index (χ0v) is 21.9. The first-order valence-electron chi connectivity index (χ1n) is 13.7. The lowest BCUT2D eigenvalue weighted by Crippen LogP contribution is -2.66. The van der Waals surface area contributed by atoms with E-state index in [1.165, 1.54) is 56.9 Å². The summed E-state index contributed by atoms with van der Waals surface area (Å²) in [4.78, 5) is 12.9. The highest BCUT2D eigenvalue weighted by molar-refractivity contribution is 5.85. The molecule has 5 aliphatic carbocycles. The van der Waals surface area contributed by atoms with E-state index < -0.39 is 0 Å². The van der Waals surface area contributed by atoms with Gasteiger partial charge in [0.2, 0.25) is 0 Å². The first kappa shape index (κ1) is 22.9. The molecule has 5 aliphatic rings. The molecular weight excluding hydrogens is 388 g/mol. The van der Waals surface area contributed by atoms with Crippen LogP contribution in [0, 0.1) is 56.7 Å². The number of Topliss-reactive ketones (excluding diaryl/α,β-unsaturated/α-hetero) is 1. The molecule has 0 aliphatic heterocycles. The van der Waals surface area contributed by atoms with Gasteiger partial charge in [-0.05, 0) is 116 Å². The molecule has 1 nitrogen and oxygen atoms in total. The van der Waals surface area contributed by atoms with Crippen molar-refractivity contribution in [1.29, 1.82) is 0 Å². The fraction of sp³-hybridized carbons (Fsp3) is 0.839. The van der Waals surface area contributed by atoms with Crippen LogP contribution in [0.5, 0.6) is 0 Å². The molecule has 9 atom stereocenters. The topological polar surface area (TPSA) is 17.1 Å². The lowest BCUT2D eigenvalue weighted by molar-refractivity contribution is -0.230. The minimum atomic E-state index is -0.146. The van der Waals surface area contributed by atoms with Crippen LogP contribution >= 0.6 is 0 Å². The Morgan fingerprint density at radius 3 is 2.25 bits per heavy atom. The minimum Gasteiger partial charge on any atom is -0.299 e. The second-order valence-corrected chi connectivity index (χ2v) is 14.3. The van der Waals surface area contributed by atoms with Crippen LogP contribution in [-0.2, 0) is 4.79 Å². The van der Waals surface area contributed by atoms with Crippen LogP contribution in [-0.4, -0.2) is 5.78 Å². The smallest absolute Gasteiger partial charge is 0.138 e. The molecule has 5 fully saturated rings. The van der Waals surface area contributed by atoms with Gasteiger partial charge in [-0.2, -0.15) is 0 Å². The molecule has 0 aromatic heterocycles. The van der Waals surface area contributed by atoms with Crippen LogP contribution in [0.2, 0.25) is 0 Å². The summed E-state index contributed by atoms with van der Waals surface area (Å²) in [6, 6.07) is 0. The van der Waals surface area contributed by atoms with Gasteiger partial charge in [0.25, 0.3) is 0 Å². The van der Waals surface area contributed by atoms with Gasteiger partial charge in [-0.1, -0.05) is 52.8 Å². The fourth-order valence-corrected chi connectivity index (χ4v) is 11.3. The van der Waals surface area contributed by atoms with Gasteiger partial charge in [0.15, 0.2) is 0 Å². The van der Waals surface area contributed by atoms with E-state index in [-0.39, 0.29) is 5.41 Å². The maximum Gasteiger partial charge on any atom is 0.138 e. The summed E-state index contributed by atoms with van der Waals surface area (Å²) in [7, 11) is 0. The number of rotatable bonds is 2. The summed E-state index contributed by atoms with van der Waals surface area (Å²) >= 11 is 0. The van der Waals surface area contributed by atoms with Gasteiger partial charge in [-0.3, -0.25) is 4.79 Å². The van der Waals surface area contributed by atoms with Gasteiger partial charge >= 0.3 is 0 Å². The normalized spacial score (nSPS) is 54.1. The average Bonchev–Trinajstić information content (AvgIpc) is 3.12. The number of fused-ring (bicyclic) bond motifs is 7. The van der Waals surface area contributed by atoms with Crippen molar-refractivity contribution in [2.45, 2.75) is 106 Å². The van der Waals surface area contributed by atoms with E-state index in [1.807, 2.05) is 0 Å². The summed E-state index contributed by atoms with van der Waals surface area (Å²) in [6.07, 6.45) is 14.9. The van der Waals surface area contributed by atoms with Crippen molar-refractivity contribution < 1.29 is 4.79 Å². The highest BCUT2D eigenvalue weighted by Crippen LogP contribution is 2.77. The van der Waals surface area contributed by atoms with Crippen molar-refractivity contribution in [3.63, 3.8) is 0 Å². The number of carbonyl (C=O) groups is 1. The second kappa shape index (κ2) is 6.85. The van der Waals surface area contributed by atoms with E-state index in [4.69, 9.17) is 0 Å². The SMILES string of the molecule is C=C[C@]12CC[C@@H](C(=C)C)[C@@H]1[C@H]1CC[C@@H]3[C@@]4(C)CCC(=O)C(C)(C)[C@@H]4CC[C@@]3(C)[C@]1(C)CC2. The molecule has 0 spiro atoms. The summed E-state index contributed by atoms with van der Waals surface area (Å²) in [5.74, 6) is 4.04. The molecule has 5 rings (SSSR count). The van der Waals surface area contributed by atoms with Gasteiger partial charge in [0.1, 0.15) is 5.78 Å². The maximum absolute atomic E-state index is 12.9. The minimum absolute atomic E-state index is 0.146. The van der Waals surface area contributed by atoms with E-state index in [9.17, 15) is 4.79 Å². The van der Waals surface area contributed by atoms with E-state index >= 15 is 0 Å². The van der Waals surface area contributed by atoms with Gasteiger partial charge in [-0.15, -0.1) is 6.58 Å². The van der Waals surface area contributed by atoms with Crippen LogP contribution in [0.25, 0.3) is 0 Å². The highest BCUT2D eigenvalue weighted by atomic mass is 16.1. The predicted molar refractivity (Wildman–Crippen MR) is 134 cm³/mol. The van der Waals surface area contributed by atoms with Gasteiger partial charge < -0.3 is 0 Å². The molecule has 0 aromatic rings. The van der Waals surface area contributed by atoms with E-state index in [0.717, 1.165) is 30.6 Å². The molecule has 0 radical (unpaired) electrons. The molecule has 0 aromatic carbocycles. The Bertz CT molecular complexity index is 851. The molecule has 0 bridgehead atoms. The Morgan fingerprint density at radius 1 is 0.875 bits per heavy atom. The van der Waals surface area contributed by atoms with Crippen LogP contribution in [0.1, 0.15) is 106 Å². The van der Waals surface area contributed by atoms with E-state index in [2.05, 4.69) is 60.8 Å². The van der Waals surface area contributed by atoms with E-state index in [1.54, 1.807) is 0 Å². The van der Waals surface area contributed by atoms with Crippen molar-refractivity contribution in [2.75, 3.05) is 0 Å². The van der Waals surface area contributed by atoms with Crippen molar-refractivity contribution in [1.82, 2.24) is 0 Å². The second-order valence-electron chi connectivity index (χ2n) is 14.3. The maximum atomic E-state index is 12.9. The Kier molecular flexibility index (Phi) is 4.91. The largest absolute Gasteiger partial charge is 0.299 e. The van der Waals surface area contributed by atoms with Gasteiger partial charge in [0.05, 0.1) is 0 Å². The van der Waals surface area contributed by atoms with Crippen molar-refractivity contribution in [2.24, 2.45) is 56.7 Å². The highest BCUT2D eigenvalue weighted by Gasteiger charge is 2.70. The quantitative estimate of drug-likeness (QED) is 0.397. The summed E-state index contributed by atoms with van der Waals surface area (Å²) < 4.78 is 0. The number of ketones is 1. The average molecular weight is 437 g/mol. The van der Waals surface area contributed by atoms with Crippen LogP contribution in [0.4, 0.5) is 0 Å². The fourth-order valence-electron chi connectivity index (χ4n) is 11.3. The summed E-state index contributed by atoms with van der Waals surface area (Å²) in [5.41, 5.74) is 2.70. The molecular formula is C31H48O. The molecule has 1 heteroatoms. The van der Waals surface area contributed by atoms with Crippen LogP contribution < -0.4 is 0 Å². The first-order valence-corrected chi connectivity index (χ1v) is 13.7. The molecule has 5 saturated carbocycles. The molecule has 178 valence electrons.